The fourth-order valence-electron chi connectivity index (χ4n) is 2.26. The number of nitriles is 1. The van der Waals surface area contributed by atoms with Crippen LogP contribution < -0.4 is 4.72 Å². The normalized spacial score (nSPS) is 11.8. The second kappa shape index (κ2) is 7.40. The minimum atomic E-state index is -4.57. The van der Waals surface area contributed by atoms with Gasteiger partial charge in [0.2, 0.25) is 0 Å². The van der Waals surface area contributed by atoms with Crippen LogP contribution in [-0.4, -0.2) is 23.0 Å². The number of benzene rings is 1. The highest BCUT2D eigenvalue weighted by molar-refractivity contribution is 14.1. The summed E-state index contributed by atoms with van der Waals surface area (Å²) in [5.41, 5.74) is -0.536. The number of nitrogens with one attached hydrogen (secondary N) is 1. The Kier molecular flexibility index (Phi) is 5.31. The van der Waals surface area contributed by atoms with E-state index in [-0.39, 0.29) is 25.7 Å². The molecule has 1 N–H and O–H groups in total. The number of sulfonamides is 1. The molecule has 0 saturated heterocycles. The van der Waals surface area contributed by atoms with E-state index >= 15 is 0 Å². The van der Waals surface area contributed by atoms with Gasteiger partial charge in [-0.2, -0.15) is 26.9 Å². The molecule has 7 nitrogen and oxygen atoms in total. The van der Waals surface area contributed by atoms with Crippen LogP contribution in [0.2, 0.25) is 0 Å². The van der Waals surface area contributed by atoms with E-state index in [1.54, 1.807) is 22.6 Å². The van der Waals surface area contributed by atoms with Crippen molar-refractivity contribution >= 4 is 38.3 Å². The maximum absolute atomic E-state index is 12.8. The molecule has 0 spiro atoms. The van der Waals surface area contributed by atoms with Crippen LogP contribution in [0.25, 0.3) is 5.82 Å². The molecule has 0 radical (unpaired) electrons. The molecule has 0 aliphatic rings. The third-order valence-electron chi connectivity index (χ3n) is 3.50. The highest BCUT2D eigenvalue weighted by atomic mass is 127. The molecule has 0 atom stereocenters. The predicted molar refractivity (Wildman–Crippen MR) is 101 cm³/mol. The molecule has 2 heterocycles. The highest BCUT2D eigenvalue weighted by Gasteiger charge is 2.32. The predicted octanol–water partition coefficient (Wildman–Crippen LogP) is 3.56. The van der Waals surface area contributed by atoms with Crippen LogP contribution in [0.1, 0.15) is 11.1 Å². The Morgan fingerprint density at radius 2 is 1.96 bits per heavy atom. The number of alkyl halides is 3. The molecule has 12 heteroatoms. The number of anilines is 1. The Bertz CT molecular complexity index is 1190. The molecule has 0 fully saturated rings. The molecule has 2 aromatic heterocycles. The summed E-state index contributed by atoms with van der Waals surface area (Å²) in [6.45, 7) is 0. The largest absolute Gasteiger partial charge is 0.417 e. The van der Waals surface area contributed by atoms with E-state index in [4.69, 9.17) is 5.26 Å². The zero-order valence-electron chi connectivity index (χ0n) is 13.6. The van der Waals surface area contributed by atoms with E-state index in [2.05, 4.69) is 14.7 Å². The van der Waals surface area contributed by atoms with E-state index < -0.39 is 21.8 Å². The van der Waals surface area contributed by atoms with Crippen LogP contribution >= 0.6 is 22.6 Å². The fraction of sp³-hybridized carbons (Fsp3) is 0.0625. The van der Waals surface area contributed by atoms with Crippen molar-refractivity contribution < 1.29 is 21.6 Å². The summed E-state index contributed by atoms with van der Waals surface area (Å²) in [5, 5.41) is 8.60. The van der Waals surface area contributed by atoms with Crippen molar-refractivity contribution in [3.8, 4) is 11.9 Å². The third-order valence-corrected chi connectivity index (χ3v) is 5.65. The van der Waals surface area contributed by atoms with E-state index in [1.165, 1.54) is 24.3 Å². The molecule has 28 heavy (non-hydrogen) atoms. The van der Waals surface area contributed by atoms with Crippen molar-refractivity contribution in [3.63, 3.8) is 0 Å². The lowest BCUT2D eigenvalue weighted by Crippen LogP contribution is -2.18. The number of rotatable bonds is 4. The average Bonchev–Trinajstić information content (AvgIpc) is 3.11. The van der Waals surface area contributed by atoms with Gasteiger partial charge in [-0.05, 0) is 46.9 Å². The van der Waals surface area contributed by atoms with Gasteiger partial charge in [-0.3, -0.25) is 9.29 Å². The van der Waals surface area contributed by atoms with Gasteiger partial charge >= 0.3 is 6.18 Å². The number of imidazole rings is 1. The van der Waals surface area contributed by atoms with Crippen molar-refractivity contribution in [2.45, 2.75) is 11.2 Å². The summed E-state index contributed by atoms with van der Waals surface area (Å²) in [6.07, 6.45) is -1.76. The molecule has 0 bridgehead atoms. The van der Waals surface area contributed by atoms with Crippen molar-refractivity contribution in [2.24, 2.45) is 0 Å². The molecule has 3 rings (SSSR count). The van der Waals surface area contributed by atoms with Crippen molar-refractivity contribution in [1.29, 1.82) is 5.26 Å². The van der Waals surface area contributed by atoms with Gasteiger partial charge in [0.1, 0.15) is 6.33 Å². The van der Waals surface area contributed by atoms with Gasteiger partial charge in [0.15, 0.2) is 10.8 Å². The van der Waals surface area contributed by atoms with Gasteiger partial charge in [0, 0.05) is 6.20 Å². The molecule has 144 valence electrons. The quantitative estimate of drug-likeness (QED) is 0.532. The monoisotopic (exact) mass is 519 g/mol. The number of halogens is 4. The van der Waals surface area contributed by atoms with Crippen molar-refractivity contribution in [1.82, 2.24) is 14.5 Å². The first kappa shape index (κ1) is 20.1. The summed E-state index contributed by atoms with van der Waals surface area (Å²) in [4.78, 5) is 7.53. The summed E-state index contributed by atoms with van der Waals surface area (Å²) in [6, 6.07) is 8.58. The Morgan fingerprint density at radius 1 is 1.21 bits per heavy atom. The fourth-order valence-corrected chi connectivity index (χ4v) is 4.13. The maximum atomic E-state index is 12.8. The minimum Gasteiger partial charge on any atom is -0.278 e. The Morgan fingerprint density at radius 3 is 2.61 bits per heavy atom. The smallest absolute Gasteiger partial charge is 0.278 e. The van der Waals surface area contributed by atoms with Crippen LogP contribution in [0.5, 0.6) is 0 Å². The Hall–Kier alpha value is -2.66. The van der Waals surface area contributed by atoms with Crippen molar-refractivity contribution in [3.05, 3.63) is 63.7 Å². The molecule has 1 aromatic carbocycles. The summed E-state index contributed by atoms with van der Waals surface area (Å²) >= 11 is 1.64. The van der Waals surface area contributed by atoms with Gasteiger partial charge in [-0.25, -0.2) is 9.97 Å². The number of hydrogen-bond acceptors (Lipinski definition) is 5. The second-order valence-corrected chi connectivity index (χ2v) is 8.22. The molecule has 0 saturated carbocycles. The van der Waals surface area contributed by atoms with Crippen LogP contribution in [0, 0.1) is 14.9 Å². The topological polar surface area (TPSA) is 101 Å². The second-order valence-electron chi connectivity index (χ2n) is 5.43. The van der Waals surface area contributed by atoms with Crippen LogP contribution in [-0.2, 0) is 16.2 Å². The third kappa shape index (κ3) is 4.09. The van der Waals surface area contributed by atoms with Gasteiger partial charge < -0.3 is 0 Å². The number of aromatic nitrogens is 3. The standard InChI is InChI=1S/C16H9F3IN5O2S/c17-16(18,19)11-5-13(20)15(23-7-11)25-9-22-8-14(25)28(26,27)24-12-3-1-2-10(4-12)6-21/h1-5,7-9,24H. The van der Waals surface area contributed by atoms with Gasteiger partial charge in [0.25, 0.3) is 10.0 Å². The lowest BCUT2D eigenvalue weighted by molar-refractivity contribution is -0.137. The maximum Gasteiger partial charge on any atom is 0.417 e. The van der Waals surface area contributed by atoms with Gasteiger partial charge in [-0.1, -0.05) is 6.07 Å². The SMILES string of the molecule is N#Cc1cccc(NS(=O)(=O)c2cncn2-c2ncc(C(F)(F)F)cc2I)c1. The van der Waals surface area contributed by atoms with E-state index in [9.17, 15) is 21.6 Å². The first-order valence-corrected chi connectivity index (χ1v) is 9.96. The summed E-state index contributed by atoms with van der Waals surface area (Å²) in [7, 11) is -4.15. The lowest BCUT2D eigenvalue weighted by atomic mass is 10.2. The minimum absolute atomic E-state index is 0.0164. The molecule has 0 aliphatic carbocycles. The van der Waals surface area contributed by atoms with E-state index in [0.29, 0.717) is 6.20 Å². The van der Waals surface area contributed by atoms with Gasteiger partial charge in [-0.15, -0.1) is 0 Å². The molecular weight excluding hydrogens is 510 g/mol. The molecule has 0 aliphatic heterocycles. The van der Waals surface area contributed by atoms with E-state index in [1.807, 2.05) is 6.07 Å². The number of pyridine rings is 1. The average molecular weight is 519 g/mol. The lowest BCUT2D eigenvalue weighted by Gasteiger charge is -2.13. The molecular formula is C16H9F3IN5O2S. The van der Waals surface area contributed by atoms with E-state index in [0.717, 1.165) is 23.2 Å². The van der Waals surface area contributed by atoms with Crippen molar-refractivity contribution in [2.75, 3.05) is 4.72 Å². The summed E-state index contributed by atoms with van der Waals surface area (Å²) in [5.74, 6) is -0.0164. The van der Waals surface area contributed by atoms with Gasteiger partial charge in [0.05, 0.1) is 32.7 Å². The van der Waals surface area contributed by atoms with Crippen LogP contribution in [0.4, 0.5) is 18.9 Å². The van der Waals surface area contributed by atoms with Crippen LogP contribution in [0.3, 0.4) is 0 Å². The first-order valence-electron chi connectivity index (χ1n) is 7.40. The molecule has 0 unspecified atom stereocenters. The Balaban J connectivity index is 2.01. The number of hydrogen-bond donors (Lipinski definition) is 1. The zero-order valence-corrected chi connectivity index (χ0v) is 16.6. The summed E-state index contributed by atoms with van der Waals surface area (Å²) < 4.78 is 67.4. The number of nitrogens with zero attached hydrogens (tertiary/aromatic N) is 4. The van der Waals surface area contributed by atoms with Crippen LogP contribution in [0.15, 0.2) is 54.1 Å². The Labute approximate surface area is 171 Å². The highest BCUT2D eigenvalue weighted by Crippen LogP contribution is 2.31. The molecule has 3 aromatic rings. The molecule has 0 amide bonds. The first-order chi connectivity index (χ1) is 13.1. The zero-order chi connectivity index (χ0) is 20.5.